The minimum absolute atomic E-state index is 0.00986. The zero-order chi connectivity index (χ0) is 22.2. The van der Waals surface area contributed by atoms with Crippen molar-refractivity contribution < 1.29 is 4.79 Å². The summed E-state index contributed by atoms with van der Waals surface area (Å²) in [6.45, 7) is 8.10. The molecule has 0 atom stereocenters. The van der Waals surface area contributed by atoms with Gasteiger partial charge in [0.15, 0.2) is 0 Å². The van der Waals surface area contributed by atoms with Gasteiger partial charge in [-0.15, -0.1) is 23.1 Å². The average molecular weight is 467 g/mol. The second kappa shape index (κ2) is 11.5. The number of amides is 1. The van der Waals surface area contributed by atoms with Gasteiger partial charge in [0.2, 0.25) is 0 Å². The lowest BCUT2D eigenvalue weighted by Crippen LogP contribution is -2.47. The molecule has 168 valence electrons. The minimum atomic E-state index is 0.00986. The molecule has 0 saturated carbocycles. The second-order valence-corrected chi connectivity index (χ2v) is 9.78. The fourth-order valence-electron chi connectivity index (χ4n) is 3.89. The fourth-order valence-corrected chi connectivity index (χ4v) is 5.51. The number of carbonyl (C=O) groups excluding carboxylic acids is 1. The topological polar surface area (TPSA) is 48.5 Å². The Morgan fingerprint density at radius 3 is 2.75 bits per heavy atom. The van der Waals surface area contributed by atoms with Gasteiger partial charge in [-0.05, 0) is 49.7 Å². The van der Waals surface area contributed by atoms with Crippen LogP contribution < -0.4 is 10.2 Å². The van der Waals surface area contributed by atoms with Crippen LogP contribution in [-0.4, -0.2) is 55.1 Å². The lowest BCUT2D eigenvalue weighted by atomic mass is 10.2. The molecule has 3 aromatic rings. The van der Waals surface area contributed by atoms with Crippen LogP contribution in [0.1, 0.15) is 28.0 Å². The van der Waals surface area contributed by atoms with Crippen LogP contribution in [0.15, 0.2) is 64.3 Å². The van der Waals surface area contributed by atoms with Crippen LogP contribution in [0.4, 0.5) is 5.69 Å². The largest absolute Gasteiger partial charge is 0.369 e. The molecule has 1 aromatic heterocycles. The molecule has 1 N–H and O–H groups in total. The van der Waals surface area contributed by atoms with Crippen LogP contribution in [0.3, 0.4) is 0 Å². The number of benzene rings is 2. The number of nitrogens with one attached hydrogen (secondary N) is 1. The summed E-state index contributed by atoms with van der Waals surface area (Å²) >= 11 is 3.26. The van der Waals surface area contributed by atoms with Gasteiger partial charge in [-0.25, -0.2) is 4.98 Å². The van der Waals surface area contributed by atoms with Crippen molar-refractivity contribution in [2.45, 2.75) is 24.0 Å². The molecule has 1 amide bonds. The SMILES string of the molecule is Cc1cccc(N2CCN(CCCNC(=O)c3ccccc3SCc3cscn3)CC2)c1. The predicted octanol–water partition coefficient (Wildman–Crippen LogP) is 4.69. The summed E-state index contributed by atoms with van der Waals surface area (Å²) in [6.07, 6.45) is 0.963. The third-order valence-electron chi connectivity index (χ3n) is 5.67. The Bertz CT molecular complexity index is 1000. The first kappa shape index (κ1) is 22.8. The van der Waals surface area contributed by atoms with Crippen molar-refractivity contribution in [2.24, 2.45) is 0 Å². The van der Waals surface area contributed by atoms with Crippen LogP contribution in [0.25, 0.3) is 0 Å². The number of hydrogen-bond acceptors (Lipinski definition) is 6. The van der Waals surface area contributed by atoms with Crippen molar-refractivity contribution in [3.63, 3.8) is 0 Å². The first-order chi connectivity index (χ1) is 15.7. The molecule has 1 aliphatic heterocycles. The van der Waals surface area contributed by atoms with Crippen molar-refractivity contribution in [2.75, 3.05) is 44.2 Å². The first-order valence-corrected chi connectivity index (χ1v) is 13.0. The Labute approximate surface area is 198 Å². The van der Waals surface area contributed by atoms with Gasteiger partial charge < -0.3 is 10.2 Å². The lowest BCUT2D eigenvalue weighted by molar-refractivity contribution is 0.0948. The van der Waals surface area contributed by atoms with E-state index in [2.05, 4.69) is 56.7 Å². The van der Waals surface area contributed by atoms with E-state index in [1.54, 1.807) is 23.1 Å². The van der Waals surface area contributed by atoms with Crippen molar-refractivity contribution in [3.05, 3.63) is 76.2 Å². The van der Waals surface area contributed by atoms with E-state index >= 15 is 0 Å². The van der Waals surface area contributed by atoms with Crippen LogP contribution in [-0.2, 0) is 5.75 Å². The van der Waals surface area contributed by atoms with Crippen molar-refractivity contribution in [3.8, 4) is 0 Å². The Balaban J connectivity index is 1.18. The third kappa shape index (κ3) is 6.34. The molecule has 1 aliphatic rings. The van der Waals surface area contributed by atoms with Crippen molar-refractivity contribution >= 4 is 34.7 Å². The highest BCUT2D eigenvalue weighted by molar-refractivity contribution is 7.98. The summed E-state index contributed by atoms with van der Waals surface area (Å²) in [6, 6.07) is 16.6. The van der Waals surface area contributed by atoms with Gasteiger partial charge in [-0.1, -0.05) is 24.3 Å². The summed E-state index contributed by atoms with van der Waals surface area (Å²) in [5.41, 5.74) is 6.28. The maximum absolute atomic E-state index is 12.7. The van der Waals surface area contributed by atoms with E-state index in [1.807, 2.05) is 29.8 Å². The number of carbonyl (C=O) groups is 1. The number of piperazine rings is 1. The van der Waals surface area contributed by atoms with Gasteiger partial charge in [-0.3, -0.25) is 9.69 Å². The molecule has 0 aliphatic carbocycles. The Morgan fingerprint density at radius 2 is 1.97 bits per heavy atom. The molecular weight excluding hydrogens is 436 g/mol. The molecule has 0 unspecified atom stereocenters. The number of aromatic nitrogens is 1. The van der Waals surface area contributed by atoms with Gasteiger partial charge in [0, 0.05) is 54.4 Å². The maximum Gasteiger partial charge on any atom is 0.252 e. The molecule has 1 saturated heterocycles. The van der Waals surface area contributed by atoms with Gasteiger partial charge in [0.25, 0.3) is 5.91 Å². The highest BCUT2D eigenvalue weighted by atomic mass is 32.2. The smallest absolute Gasteiger partial charge is 0.252 e. The maximum atomic E-state index is 12.7. The highest BCUT2D eigenvalue weighted by Gasteiger charge is 2.17. The molecule has 2 aromatic carbocycles. The molecule has 0 radical (unpaired) electrons. The van der Waals surface area contributed by atoms with Crippen LogP contribution >= 0.6 is 23.1 Å². The average Bonchev–Trinajstić information content (AvgIpc) is 3.35. The van der Waals surface area contributed by atoms with Gasteiger partial charge in [-0.2, -0.15) is 0 Å². The summed E-state index contributed by atoms with van der Waals surface area (Å²) in [7, 11) is 0. The first-order valence-electron chi connectivity index (χ1n) is 11.1. The number of anilines is 1. The van der Waals surface area contributed by atoms with E-state index in [4.69, 9.17) is 0 Å². The minimum Gasteiger partial charge on any atom is -0.369 e. The Hall–Kier alpha value is -2.35. The molecule has 7 heteroatoms. The number of thioether (sulfide) groups is 1. The molecule has 5 nitrogen and oxygen atoms in total. The van der Waals surface area contributed by atoms with Crippen molar-refractivity contribution in [1.82, 2.24) is 15.2 Å². The van der Waals surface area contributed by atoms with Gasteiger partial charge >= 0.3 is 0 Å². The molecule has 0 bridgehead atoms. The monoisotopic (exact) mass is 466 g/mol. The van der Waals surface area contributed by atoms with Crippen molar-refractivity contribution in [1.29, 1.82) is 0 Å². The molecule has 0 spiro atoms. The van der Waals surface area contributed by atoms with E-state index in [9.17, 15) is 4.79 Å². The lowest BCUT2D eigenvalue weighted by Gasteiger charge is -2.36. The normalized spacial score (nSPS) is 14.5. The molecule has 32 heavy (non-hydrogen) atoms. The number of nitrogens with zero attached hydrogens (tertiary/aromatic N) is 3. The summed E-state index contributed by atoms with van der Waals surface area (Å²) in [4.78, 5) is 23.0. The third-order valence-corrected chi connectivity index (χ3v) is 7.41. The fraction of sp³-hybridized carbons (Fsp3) is 0.360. The van der Waals surface area contributed by atoms with Crippen LogP contribution in [0, 0.1) is 6.92 Å². The van der Waals surface area contributed by atoms with E-state index in [0.717, 1.165) is 61.1 Å². The molecule has 2 heterocycles. The van der Waals surface area contributed by atoms with Crippen LogP contribution in [0.2, 0.25) is 0 Å². The molecule has 4 rings (SSSR count). The van der Waals surface area contributed by atoms with Gasteiger partial charge in [0.1, 0.15) is 0 Å². The Morgan fingerprint density at radius 1 is 1.12 bits per heavy atom. The predicted molar refractivity (Wildman–Crippen MR) is 135 cm³/mol. The molecule has 1 fully saturated rings. The quantitative estimate of drug-likeness (QED) is 0.366. The number of aryl methyl sites for hydroxylation is 1. The van der Waals surface area contributed by atoms with E-state index in [1.165, 1.54) is 11.3 Å². The standard InChI is InChI=1S/C25H30N4OS2/c1-20-6-4-7-22(16-20)29-14-12-28(13-15-29)11-5-10-26-25(30)23-8-2-3-9-24(23)32-18-21-17-31-19-27-21/h2-4,6-9,16-17,19H,5,10-15,18H2,1H3,(H,26,30). The number of hydrogen-bond donors (Lipinski definition) is 1. The zero-order valence-corrected chi connectivity index (χ0v) is 20.1. The summed E-state index contributed by atoms with van der Waals surface area (Å²) in [5, 5.41) is 5.16. The second-order valence-electron chi connectivity index (χ2n) is 8.04. The zero-order valence-electron chi connectivity index (χ0n) is 18.5. The van der Waals surface area contributed by atoms with Crippen LogP contribution in [0.5, 0.6) is 0 Å². The number of thiazole rings is 1. The summed E-state index contributed by atoms with van der Waals surface area (Å²) < 4.78 is 0. The van der Waals surface area contributed by atoms with E-state index in [0.29, 0.717) is 6.54 Å². The highest BCUT2D eigenvalue weighted by Crippen LogP contribution is 2.26. The Kier molecular flexibility index (Phi) is 8.20. The summed E-state index contributed by atoms with van der Waals surface area (Å²) in [5.74, 6) is 0.790. The molecular formula is C25H30N4OS2. The van der Waals surface area contributed by atoms with Gasteiger partial charge in [0.05, 0.1) is 16.8 Å². The number of rotatable bonds is 9. The van der Waals surface area contributed by atoms with E-state index in [-0.39, 0.29) is 5.91 Å². The van der Waals surface area contributed by atoms with E-state index < -0.39 is 0 Å².